The number of nitriles is 2. The average Bonchev–Trinajstić information content (AvgIpc) is 1.57. The Hall–Kier alpha value is -11.0. The van der Waals surface area contributed by atoms with Gasteiger partial charge >= 0.3 is 6.18 Å². The minimum absolute atomic E-state index is 0.0303. The van der Waals surface area contributed by atoms with Crippen molar-refractivity contribution in [3.63, 3.8) is 0 Å². The highest BCUT2D eigenvalue weighted by molar-refractivity contribution is 5.84. The maximum absolute atomic E-state index is 13.2. The molecule has 6 aliphatic heterocycles. The number of amides is 3. The molecule has 6 atom stereocenters. The van der Waals surface area contributed by atoms with E-state index in [2.05, 4.69) is 78.3 Å². The molecule has 0 saturated carbocycles. The topological polar surface area (TPSA) is 356 Å². The van der Waals surface area contributed by atoms with E-state index >= 15 is 0 Å². The SMILES string of the molecule is COc1ccc(Cn2ncc(N[C@@H](C)COC3CCN(C4CCN(c5ccc(C#N)cn5)CC4)C3=O)c(C)c2=O)cc1.Cc1c(N[C@@H](C)CO[C@@H]2CCN(C3CCN(c4ccc(C(F)(F)F)cn4)CC3)C2=O)cn[nH]c1=O.Cc1c(N[C@@H](C)CO[C@H]2CCN(C3CCN(c4ccc(C#N)cn4)CC3)C2=O)cn[nH]c1=O. The Morgan fingerprint density at radius 3 is 1.20 bits per heavy atom. The van der Waals surface area contributed by atoms with Crippen LogP contribution in [0.5, 0.6) is 5.75 Å². The van der Waals surface area contributed by atoms with Crippen LogP contribution in [0, 0.1) is 43.4 Å². The highest BCUT2D eigenvalue weighted by Gasteiger charge is 2.42. The molecule has 6 aliphatic rings. The molecule has 33 heteroatoms. The monoisotopic (exact) mass is 1520 g/mol. The average molecular weight is 1520 g/mol. The lowest BCUT2D eigenvalue weighted by atomic mass is 10.0. The van der Waals surface area contributed by atoms with Crippen molar-refractivity contribution in [2.75, 3.05) is 116 Å². The van der Waals surface area contributed by atoms with Crippen LogP contribution in [0.15, 0.2) is 112 Å². The summed E-state index contributed by atoms with van der Waals surface area (Å²) in [6.45, 7) is 18.9. The molecule has 12 heterocycles. The smallest absolute Gasteiger partial charge is 0.417 e. The number of pyridine rings is 3. The van der Waals surface area contributed by atoms with Gasteiger partial charge in [-0.25, -0.2) is 29.8 Å². The summed E-state index contributed by atoms with van der Waals surface area (Å²) in [5.41, 5.74) is 4.28. The molecular formula is C77H95F3N20O10. The molecule has 6 saturated heterocycles. The number of carbonyl (C=O) groups excluding carboxylic acids is 3. The molecule has 3 amide bonds. The molecule has 1 unspecified atom stereocenters. The van der Waals surface area contributed by atoms with Gasteiger partial charge in [0.1, 0.15) is 53.7 Å². The molecule has 1 aromatic carbocycles. The van der Waals surface area contributed by atoms with Gasteiger partial charge in [-0.1, -0.05) is 12.1 Å². The van der Waals surface area contributed by atoms with Crippen molar-refractivity contribution in [2.24, 2.45) is 0 Å². The summed E-state index contributed by atoms with van der Waals surface area (Å²) in [6.07, 6.45) is 9.95. The number of rotatable bonds is 24. The first kappa shape index (κ1) is 80.0. The predicted molar refractivity (Wildman–Crippen MR) is 405 cm³/mol. The lowest BCUT2D eigenvalue weighted by Crippen LogP contribution is -2.47. The number of nitrogens with one attached hydrogen (secondary N) is 5. The zero-order valence-corrected chi connectivity index (χ0v) is 62.9. The van der Waals surface area contributed by atoms with Gasteiger partial charge in [0, 0.05) is 150 Å². The molecule has 6 aromatic heterocycles. The number of benzene rings is 1. The Balaban J connectivity index is 0.000000165. The van der Waals surface area contributed by atoms with Crippen LogP contribution in [0.2, 0.25) is 0 Å². The van der Waals surface area contributed by atoms with Crippen LogP contribution in [0.3, 0.4) is 0 Å². The number of carbonyl (C=O) groups is 3. The Morgan fingerprint density at radius 1 is 0.491 bits per heavy atom. The molecule has 0 bridgehead atoms. The molecule has 5 N–H and O–H groups in total. The third kappa shape index (κ3) is 20.3. The summed E-state index contributed by atoms with van der Waals surface area (Å²) in [5.74, 6) is 3.09. The van der Waals surface area contributed by atoms with Crippen LogP contribution in [-0.2, 0) is 41.3 Å². The number of likely N-dealkylation sites (tertiary alicyclic amines) is 3. The number of ether oxygens (including phenoxy) is 4. The first-order chi connectivity index (χ1) is 52.9. The largest absolute Gasteiger partial charge is 0.497 e. The normalized spacial score (nSPS) is 19.4. The fourth-order valence-corrected chi connectivity index (χ4v) is 14.5. The maximum Gasteiger partial charge on any atom is 0.417 e. The fourth-order valence-electron chi connectivity index (χ4n) is 14.5. The van der Waals surface area contributed by atoms with Crippen molar-refractivity contribution in [1.82, 2.24) is 59.8 Å². The second kappa shape index (κ2) is 36.9. The third-order valence-electron chi connectivity index (χ3n) is 20.9. The number of methoxy groups -OCH3 is 1. The van der Waals surface area contributed by atoms with Crippen molar-refractivity contribution >= 4 is 52.2 Å². The van der Waals surface area contributed by atoms with Crippen LogP contribution < -0.4 is 52.1 Å². The number of aromatic nitrogens is 9. The number of hydrogen-bond acceptors (Lipinski definition) is 24. The van der Waals surface area contributed by atoms with Crippen molar-refractivity contribution in [1.29, 1.82) is 10.5 Å². The van der Waals surface area contributed by atoms with Gasteiger partial charge < -0.3 is 64.3 Å². The van der Waals surface area contributed by atoms with E-state index < -0.39 is 30.1 Å². The molecule has 13 rings (SSSR count). The van der Waals surface area contributed by atoms with Crippen molar-refractivity contribution in [2.45, 2.75) is 167 Å². The summed E-state index contributed by atoms with van der Waals surface area (Å²) in [6, 6.07) is 21.6. The van der Waals surface area contributed by atoms with Gasteiger partial charge in [0.15, 0.2) is 0 Å². The zero-order chi connectivity index (χ0) is 78.2. The van der Waals surface area contributed by atoms with Gasteiger partial charge in [0.05, 0.1) is 85.8 Å². The summed E-state index contributed by atoms with van der Waals surface area (Å²) < 4.78 is 62.8. The van der Waals surface area contributed by atoms with E-state index in [0.717, 1.165) is 87.1 Å². The zero-order valence-electron chi connectivity index (χ0n) is 62.9. The number of aromatic amines is 2. The summed E-state index contributed by atoms with van der Waals surface area (Å²) in [7, 11) is 1.62. The Kier molecular flexibility index (Phi) is 26.8. The molecule has 30 nitrogen and oxygen atoms in total. The molecule has 0 spiro atoms. The number of hydrogen-bond donors (Lipinski definition) is 5. The predicted octanol–water partition coefficient (Wildman–Crippen LogP) is 6.97. The Bertz CT molecular complexity index is 4530. The number of nitrogens with zero attached hydrogens (tertiary/aromatic N) is 15. The van der Waals surface area contributed by atoms with Crippen LogP contribution in [0.25, 0.3) is 0 Å². The van der Waals surface area contributed by atoms with Gasteiger partial charge in [-0.05, 0) is 134 Å². The second-order valence-electron chi connectivity index (χ2n) is 28.6. The number of piperidine rings is 3. The lowest BCUT2D eigenvalue weighted by molar-refractivity contribution is -0.140. The first-order valence-electron chi connectivity index (χ1n) is 37.3. The van der Waals surface area contributed by atoms with Crippen LogP contribution >= 0.6 is 0 Å². The van der Waals surface area contributed by atoms with Crippen molar-refractivity contribution in [3.05, 3.63) is 168 Å². The van der Waals surface area contributed by atoms with E-state index in [1.807, 2.05) is 76.8 Å². The Morgan fingerprint density at radius 2 is 0.864 bits per heavy atom. The third-order valence-corrected chi connectivity index (χ3v) is 20.9. The maximum atomic E-state index is 13.2. The minimum Gasteiger partial charge on any atom is -0.497 e. The fraction of sp³-hybridized carbons (Fsp3) is 0.506. The van der Waals surface area contributed by atoms with E-state index in [9.17, 15) is 41.9 Å². The van der Waals surface area contributed by atoms with Crippen LogP contribution in [0.1, 0.15) is 118 Å². The summed E-state index contributed by atoms with van der Waals surface area (Å²) in [4.78, 5) is 100. The molecule has 584 valence electrons. The minimum atomic E-state index is -4.40. The number of H-pyrrole nitrogens is 2. The van der Waals surface area contributed by atoms with Gasteiger partial charge in [-0.3, -0.25) is 28.8 Å². The van der Waals surface area contributed by atoms with Crippen molar-refractivity contribution < 1.29 is 46.5 Å². The van der Waals surface area contributed by atoms with Gasteiger partial charge in [0.2, 0.25) is 0 Å². The number of alkyl halides is 3. The lowest BCUT2D eigenvalue weighted by Gasteiger charge is -2.37. The summed E-state index contributed by atoms with van der Waals surface area (Å²) in [5, 5.41) is 44.4. The van der Waals surface area contributed by atoms with Gasteiger partial charge in [0.25, 0.3) is 34.4 Å². The quantitative estimate of drug-likeness (QED) is 0.0407. The molecular weight excluding hydrogens is 1420 g/mol. The highest BCUT2D eigenvalue weighted by atomic mass is 19.4. The van der Waals surface area contributed by atoms with E-state index in [1.165, 1.54) is 10.7 Å². The van der Waals surface area contributed by atoms with E-state index in [0.29, 0.717) is 142 Å². The van der Waals surface area contributed by atoms with E-state index in [1.54, 1.807) is 71.0 Å². The molecule has 110 heavy (non-hydrogen) atoms. The van der Waals surface area contributed by atoms with Gasteiger partial charge in [-0.15, -0.1) is 0 Å². The summed E-state index contributed by atoms with van der Waals surface area (Å²) >= 11 is 0. The van der Waals surface area contributed by atoms with Crippen LogP contribution in [-0.4, -0.2) is 218 Å². The first-order valence-corrected chi connectivity index (χ1v) is 37.3. The number of halogens is 3. The second-order valence-corrected chi connectivity index (χ2v) is 28.6. The van der Waals surface area contributed by atoms with Crippen LogP contribution in [0.4, 0.5) is 47.7 Å². The highest BCUT2D eigenvalue weighted by Crippen LogP contribution is 2.33. The Labute approximate surface area is 635 Å². The van der Waals surface area contributed by atoms with Crippen molar-refractivity contribution in [3.8, 4) is 17.9 Å². The molecule has 7 aromatic rings. The van der Waals surface area contributed by atoms with Gasteiger partial charge in [-0.2, -0.15) is 39.0 Å². The molecule has 6 fully saturated rings. The molecule has 0 radical (unpaired) electrons. The standard InChI is InChI=1S/C31H37N7O4.C23H29F3N6O3.C23H29N7O3/c1-21(35-27-18-34-38(30(39)22(27)2)19-23-4-7-26(41-3)8-5-23)20-42-28-12-15-37(31(28)40)25-10-13-36(14-11-25)29-9-6-24(16-32)17-33-29;1-14(29-18-12-28-30-21(33)15(18)2)13-35-19-7-10-32(22(19)34)17-5-8-31(9-6-17)20-4-3-16(11-27-20)23(24,25)26;1-15(27-19-13-26-28-22(31)16(19)2)14-33-20-7-10-30(23(20)32)18-5-8-29(9-6-18)21-4-3-17(11-24)12-25-21/h4-9,17-18,21,25,28,35H,10-15,19-20H2,1-3H3;3-4,11-12,14,17,19H,5-10,13H2,1-2H3,(H2,29,30,33);3-4,12-13,15,18,20H,5-10,14H2,1-2H3,(H2,27,28,31)/t21-,28?;14-,19+;15-,20-/m000/s1. The van der Waals surface area contributed by atoms with E-state index in [4.69, 9.17) is 29.5 Å². The van der Waals surface area contributed by atoms with E-state index in [-0.39, 0.29) is 70.7 Å². The molecule has 0 aliphatic carbocycles. The number of anilines is 6.